The van der Waals surface area contributed by atoms with E-state index in [0.717, 1.165) is 31.1 Å². The number of carbonyl (C=O) groups is 1. The third-order valence-corrected chi connectivity index (χ3v) is 7.34. The number of hydrogen-bond acceptors (Lipinski definition) is 4. The Kier molecular flexibility index (Phi) is 7.82. The first-order valence-electron chi connectivity index (χ1n) is 11.4. The maximum absolute atomic E-state index is 13.0. The van der Waals surface area contributed by atoms with Gasteiger partial charge in [0.25, 0.3) is 5.91 Å². The zero-order chi connectivity index (χ0) is 23.3. The number of benzene rings is 2. The Morgan fingerprint density at radius 1 is 1.03 bits per heavy atom. The number of nitrogens with one attached hydrogen (secondary N) is 1. The van der Waals surface area contributed by atoms with Crippen LogP contribution in [0.25, 0.3) is 0 Å². The van der Waals surface area contributed by atoms with Gasteiger partial charge in [-0.15, -0.1) is 0 Å². The lowest BCUT2D eigenvalue weighted by Crippen LogP contribution is -2.40. The van der Waals surface area contributed by atoms with Crippen molar-refractivity contribution in [2.24, 2.45) is 0 Å². The van der Waals surface area contributed by atoms with Crippen molar-refractivity contribution >= 4 is 21.6 Å². The van der Waals surface area contributed by atoms with E-state index in [9.17, 15) is 13.2 Å². The molecule has 0 radical (unpaired) electrons. The summed E-state index contributed by atoms with van der Waals surface area (Å²) in [5.41, 5.74) is 4.52. The van der Waals surface area contributed by atoms with Crippen molar-refractivity contribution in [1.29, 1.82) is 0 Å². The van der Waals surface area contributed by atoms with E-state index < -0.39 is 16.1 Å². The number of rotatable bonds is 9. The molecule has 6 nitrogen and oxygen atoms in total. The number of fused-ring (bicyclic) bond motifs is 1. The van der Waals surface area contributed by atoms with Crippen LogP contribution < -0.4 is 14.4 Å². The molecule has 0 bridgehead atoms. The van der Waals surface area contributed by atoms with Crippen LogP contribution in [0.5, 0.6) is 5.75 Å². The molecule has 0 saturated heterocycles. The lowest BCUT2D eigenvalue weighted by molar-refractivity contribution is -0.128. The molecular formula is C25H34N2O4S. The molecule has 1 aliphatic carbocycles. The second-order valence-corrected chi connectivity index (χ2v) is 10.5. The van der Waals surface area contributed by atoms with E-state index in [4.69, 9.17) is 4.74 Å². The monoisotopic (exact) mass is 458 g/mol. The molecule has 0 spiro atoms. The summed E-state index contributed by atoms with van der Waals surface area (Å²) in [5, 5.41) is 3.16. The molecule has 0 unspecified atom stereocenters. The van der Waals surface area contributed by atoms with Crippen molar-refractivity contribution in [3.8, 4) is 5.75 Å². The highest BCUT2D eigenvalue weighted by atomic mass is 32.2. The Bertz CT molecular complexity index is 1030. The van der Waals surface area contributed by atoms with Crippen molar-refractivity contribution < 1.29 is 17.9 Å². The summed E-state index contributed by atoms with van der Waals surface area (Å²) in [6.45, 7) is 3.99. The van der Waals surface area contributed by atoms with E-state index >= 15 is 0 Å². The lowest BCUT2D eigenvalue weighted by Gasteiger charge is -2.24. The van der Waals surface area contributed by atoms with Gasteiger partial charge in [0.2, 0.25) is 10.0 Å². The van der Waals surface area contributed by atoms with Crippen LogP contribution in [0, 0.1) is 0 Å². The number of sulfonamides is 1. The topological polar surface area (TPSA) is 75.7 Å². The van der Waals surface area contributed by atoms with Gasteiger partial charge >= 0.3 is 0 Å². The van der Waals surface area contributed by atoms with Crippen LogP contribution in [0.4, 0.5) is 5.69 Å². The van der Waals surface area contributed by atoms with E-state index in [1.807, 2.05) is 6.92 Å². The van der Waals surface area contributed by atoms with Gasteiger partial charge in [-0.2, -0.15) is 0 Å². The Morgan fingerprint density at radius 3 is 2.28 bits per heavy atom. The van der Waals surface area contributed by atoms with Crippen molar-refractivity contribution in [1.82, 2.24) is 5.32 Å². The number of nitrogens with zero attached hydrogens (tertiary/aromatic N) is 1. The summed E-state index contributed by atoms with van der Waals surface area (Å²) in [6.07, 6.45) is 6.58. The van der Waals surface area contributed by atoms with E-state index in [1.54, 1.807) is 24.3 Å². The largest absolute Gasteiger partial charge is 0.481 e. The standard InChI is InChI=1S/C25H34N2O4S/c1-5-23(20-12-11-18-9-7-8-10-19(18)17-20)26-25(28)24(6-2)31-22-15-13-21(14-16-22)27(3)32(4,29)30/h11-17,23-24H,5-10H2,1-4H3,(H,26,28)/t23-,24-/m0/s1. The van der Waals surface area contributed by atoms with Crippen molar-refractivity contribution in [3.05, 3.63) is 59.2 Å². The number of anilines is 1. The van der Waals surface area contributed by atoms with E-state index in [2.05, 4.69) is 30.4 Å². The predicted octanol–water partition coefficient (Wildman–Crippen LogP) is 4.39. The lowest BCUT2D eigenvalue weighted by atomic mass is 9.88. The third-order valence-electron chi connectivity index (χ3n) is 6.14. The molecule has 1 aliphatic rings. The van der Waals surface area contributed by atoms with Gasteiger partial charge in [-0.25, -0.2) is 8.42 Å². The normalized spacial score (nSPS) is 15.4. The maximum atomic E-state index is 13.0. The smallest absolute Gasteiger partial charge is 0.261 e. The summed E-state index contributed by atoms with van der Waals surface area (Å²) in [7, 11) is -1.83. The van der Waals surface area contributed by atoms with Crippen molar-refractivity contribution in [2.45, 2.75) is 64.5 Å². The average molecular weight is 459 g/mol. The fraction of sp³-hybridized carbons (Fsp3) is 0.480. The number of carbonyl (C=O) groups excluding carboxylic acids is 1. The molecule has 0 saturated carbocycles. The molecule has 2 aromatic carbocycles. The summed E-state index contributed by atoms with van der Waals surface area (Å²) < 4.78 is 30.5. The molecule has 7 heteroatoms. The van der Waals surface area contributed by atoms with Crippen molar-refractivity contribution in [2.75, 3.05) is 17.6 Å². The highest BCUT2D eigenvalue weighted by Gasteiger charge is 2.23. The van der Waals surface area contributed by atoms with Gasteiger partial charge in [-0.05, 0) is 79.5 Å². The van der Waals surface area contributed by atoms with Crippen LogP contribution in [-0.4, -0.2) is 33.7 Å². The molecule has 0 aliphatic heterocycles. The summed E-state index contributed by atoms with van der Waals surface area (Å²) in [6, 6.07) is 13.3. The van der Waals surface area contributed by atoms with Gasteiger partial charge in [-0.3, -0.25) is 9.10 Å². The molecule has 1 amide bonds. The molecule has 3 rings (SSSR count). The number of aryl methyl sites for hydroxylation is 2. The molecular weight excluding hydrogens is 424 g/mol. The Balaban J connectivity index is 1.67. The fourth-order valence-corrected chi connectivity index (χ4v) is 4.57. The summed E-state index contributed by atoms with van der Waals surface area (Å²) >= 11 is 0. The number of hydrogen-bond donors (Lipinski definition) is 1. The minimum Gasteiger partial charge on any atom is -0.481 e. The highest BCUT2D eigenvalue weighted by molar-refractivity contribution is 7.92. The molecule has 1 N–H and O–H groups in total. The van der Waals surface area contributed by atoms with E-state index in [1.165, 1.54) is 35.3 Å². The average Bonchev–Trinajstić information content (AvgIpc) is 2.79. The van der Waals surface area contributed by atoms with Crippen LogP contribution in [0.15, 0.2) is 42.5 Å². The Hall–Kier alpha value is -2.54. The predicted molar refractivity (Wildman–Crippen MR) is 129 cm³/mol. The summed E-state index contributed by atoms with van der Waals surface area (Å²) in [5.74, 6) is 0.383. The van der Waals surface area contributed by atoms with E-state index in [0.29, 0.717) is 17.9 Å². The molecule has 174 valence electrons. The SMILES string of the molecule is CC[C@H](Oc1ccc(N(C)S(C)(=O)=O)cc1)C(=O)N[C@@H](CC)c1ccc2c(c1)CCCC2. The minimum atomic E-state index is -3.33. The Morgan fingerprint density at radius 2 is 1.69 bits per heavy atom. The molecule has 2 atom stereocenters. The maximum Gasteiger partial charge on any atom is 0.261 e. The quantitative estimate of drug-likeness (QED) is 0.605. The third kappa shape index (κ3) is 5.82. The number of amides is 1. The van der Waals surface area contributed by atoms with E-state index in [-0.39, 0.29) is 11.9 Å². The first-order valence-corrected chi connectivity index (χ1v) is 13.2. The van der Waals surface area contributed by atoms with Crippen LogP contribution >= 0.6 is 0 Å². The molecule has 2 aromatic rings. The number of ether oxygens (including phenoxy) is 1. The van der Waals surface area contributed by atoms with Gasteiger partial charge in [-0.1, -0.05) is 32.0 Å². The molecule has 32 heavy (non-hydrogen) atoms. The molecule has 0 fully saturated rings. The van der Waals surface area contributed by atoms with Gasteiger partial charge in [0, 0.05) is 7.05 Å². The van der Waals surface area contributed by atoms with Gasteiger partial charge in [0.1, 0.15) is 5.75 Å². The second kappa shape index (κ2) is 10.4. The second-order valence-electron chi connectivity index (χ2n) is 8.44. The molecule has 0 aromatic heterocycles. The zero-order valence-electron chi connectivity index (χ0n) is 19.4. The van der Waals surface area contributed by atoms with Crippen LogP contribution in [0.2, 0.25) is 0 Å². The Labute approximate surface area is 192 Å². The zero-order valence-corrected chi connectivity index (χ0v) is 20.2. The van der Waals surface area contributed by atoms with Crippen LogP contribution in [0.3, 0.4) is 0 Å². The first-order chi connectivity index (χ1) is 15.2. The minimum absolute atomic E-state index is 0.0573. The molecule has 0 heterocycles. The summed E-state index contributed by atoms with van der Waals surface area (Å²) in [4.78, 5) is 13.0. The van der Waals surface area contributed by atoms with Gasteiger partial charge in [0.15, 0.2) is 6.10 Å². The van der Waals surface area contributed by atoms with Gasteiger partial charge in [0.05, 0.1) is 18.0 Å². The van der Waals surface area contributed by atoms with Crippen LogP contribution in [-0.2, 0) is 27.7 Å². The fourth-order valence-electron chi connectivity index (χ4n) is 4.07. The van der Waals surface area contributed by atoms with Gasteiger partial charge < -0.3 is 10.1 Å². The van der Waals surface area contributed by atoms with Crippen molar-refractivity contribution in [3.63, 3.8) is 0 Å². The van der Waals surface area contributed by atoms with Crippen LogP contribution in [0.1, 0.15) is 62.3 Å². The highest BCUT2D eigenvalue weighted by Crippen LogP contribution is 2.27. The first kappa shape index (κ1) is 24.1.